The van der Waals surface area contributed by atoms with Crippen LogP contribution in [0.2, 0.25) is 0 Å². The van der Waals surface area contributed by atoms with Gasteiger partial charge in [-0.25, -0.2) is 0 Å². The summed E-state index contributed by atoms with van der Waals surface area (Å²) >= 11 is -0.501. The molecule has 0 aromatic rings. The van der Waals surface area contributed by atoms with Crippen LogP contribution < -0.4 is 0 Å². The molecule has 0 aliphatic rings. The zero-order chi connectivity index (χ0) is 5.91. The Morgan fingerprint density at radius 2 is 1.86 bits per heavy atom. The Labute approximate surface area is 52.8 Å². The topological polar surface area (TPSA) is 23.9 Å². The van der Waals surface area contributed by atoms with Crippen LogP contribution in [-0.4, -0.2) is 4.40 Å². The van der Waals surface area contributed by atoms with Crippen molar-refractivity contribution >= 4 is 4.40 Å². The second-order valence-electron chi connectivity index (χ2n) is 2.60. The van der Waals surface area contributed by atoms with Crippen molar-refractivity contribution < 1.29 is 17.9 Å². The van der Waals surface area contributed by atoms with Gasteiger partial charge in [-0.1, -0.05) is 0 Å². The molecule has 0 spiro atoms. The molecule has 0 radical (unpaired) electrons. The van der Waals surface area contributed by atoms with Gasteiger partial charge in [0.1, 0.15) is 0 Å². The SMILES string of the molecule is CC(C)(C)[CH]=[Mo+2]=[NH]. The van der Waals surface area contributed by atoms with Gasteiger partial charge in [0.25, 0.3) is 0 Å². The zero-order valence-corrected chi connectivity index (χ0v) is 6.99. The molecule has 0 bridgehead atoms. The monoisotopic (exact) mass is 183 g/mol. The van der Waals surface area contributed by atoms with Crippen LogP contribution in [0.25, 0.3) is 0 Å². The van der Waals surface area contributed by atoms with Crippen LogP contribution >= 0.6 is 0 Å². The predicted octanol–water partition coefficient (Wildman–Crippen LogP) is 1.68. The first-order valence-electron chi connectivity index (χ1n) is 2.23. The van der Waals surface area contributed by atoms with E-state index in [2.05, 4.69) is 25.2 Å². The van der Waals surface area contributed by atoms with E-state index in [0.29, 0.717) is 5.41 Å². The summed E-state index contributed by atoms with van der Waals surface area (Å²) in [6, 6.07) is 0. The molecule has 0 fully saturated rings. The number of hydrogen-bond donors (Lipinski definition) is 1. The van der Waals surface area contributed by atoms with Crippen molar-refractivity contribution in [2.45, 2.75) is 20.8 Å². The minimum absolute atomic E-state index is 0.296. The van der Waals surface area contributed by atoms with Gasteiger partial charge < -0.3 is 0 Å². The molecule has 0 amide bonds. The molecule has 0 heterocycles. The minimum atomic E-state index is -0.501. The molecule has 0 rings (SSSR count). The standard InChI is InChI=1S/C5H10.Mo.HN/c1-5(2,3)4;;/h1H,2-4H3;;1H/q;+2;. The number of rotatable bonds is 0. The third-order valence-electron chi connectivity index (χ3n) is 0.412. The Bertz CT molecular complexity index is 95.1. The fourth-order valence-corrected chi connectivity index (χ4v) is 1.05. The summed E-state index contributed by atoms with van der Waals surface area (Å²) in [4.78, 5) is 0. The quantitative estimate of drug-likeness (QED) is 0.550. The third-order valence-corrected chi connectivity index (χ3v) is 2.44. The van der Waals surface area contributed by atoms with Crippen LogP contribution in [0.1, 0.15) is 20.8 Å². The van der Waals surface area contributed by atoms with E-state index in [4.69, 9.17) is 3.91 Å². The Hall–Kier alpha value is 0.358. The van der Waals surface area contributed by atoms with Crippen molar-refractivity contribution in [1.82, 2.24) is 0 Å². The van der Waals surface area contributed by atoms with Crippen LogP contribution in [0.4, 0.5) is 0 Å². The van der Waals surface area contributed by atoms with Crippen molar-refractivity contribution in [2.24, 2.45) is 5.41 Å². The molecule has 1 nitrogen and oxygen atoms in total. The van der Waals surface area contributed by atoms with Gasteiger partial charge in [0, 0.05) is 0 Å². The first-order valence-corrected chi connectivity index (χ1v) is 4.39. The first-order chi connectivity index (χ1) is 3.06. The van der Waals surface area contributed by atoms with Gasteiger partial charge in [-0.15, -0.1) is 0 Å². The molecule has 0 saturated carbocycles. The summed E-state index contributed by atoms with van der Waals surface area (Å²) in [7, 11) is 0. The van der Waals surface area contributed by atoms with E-state index in [1.807, 2.05) is 0 Å². The van der Waals surface area contributed by atoms with E-state index in [1.54, 1.807) is 0 Å². The summed E-state index contributed by atoms with van der Waals surface area (Å²) in [6.07, 6.45) is 0. The molecule has 0 aromatic heterocycles. The Morgan fingerprint density at radius 1 is 1.43 bits per heavy atom. The second kappa shape index (κ2) is 2.61. The van der Waals surface area contributed by atoms with Crippen LogP contribution in [0.5, 0.6) is 0 Å². The Morgan fingerprint density at radius 3 is 1.86 bits per heavy atom. The van der Waals surface area contributed by atoms with Gasteiger partial charge in [0.15, 0.2) is 0 Å². The van der Waals surface area contributed by atoms with Crippen molar-refractivity contribution in [2.75, 3.05) is 0 Å². The van der Waals surface area contributed by atoms with Crippen molar-refractivity contribution in [3.05, 3.63) is 0 Å². The molecule has 40 valence electrons. The molecule has 0 unspecified atom stereocenters. The van der Waals surface area contributed by atoms with E-state index in [0.717, 1.165) is 0 Å². The van der Waals surface area contributed by atoms with E-state index >= 15 is 0 Å². The summed E-state index contributed by atoms with van der Waals surface area (Å²) in [6.45, 7) is 6.39. The summed E-state index contributed by atoms with van der Waals surface area (Å²) in [5.41, 5.74) is 0.296. The molecular formula is C5H11MoN+2. The maximum absolute atomic E-state index is 6.93. The molecule has 1 N–H and O–H groups in total. The molecule has 2 heteroatoms. The third kappa shape index (κ3) is 6.36. The van der Waals surface area contributed by atoms with Gasteiger partial charge in [-0.05, 0) is 0 Å². The maximum atomic E-state index is 6.93. The van der Waals surface area contributed by atoms with Gasteiger partial charge in [0.2, 0.25) is 0 Å². The molecule has 0 atom stereocenters. The number of nitrogens with one attached hydrogen (secondary N) is 1. The van der Waals surface area contributed by atoms with Gasteiger partial charge in [0.05, 0.1) is 0 Å². The molecule has 0 aromatic carbocycles. The van der Waals surface area contributed by atoms with Crippen LogP contribution in [0.3, 0.4) is 0 Å². The molecule has 0 aliphatic heterocycles. The van der Waals surface area contributed by atoms with Gasteiger partial charge >= 0.3 is 52.4 Å². The predicted molar refractivity (Wildman–Crippen MR) is 28.2 cm³/mol. The van der Waals surface area contributed by atoms with E-state index in [-0.39, 0.29) is 0 Å². The Balaban J connectivity index is 3.80. The van der Waals surface area contributed by atoms with E-state index in [9.17, 15) is 0 Å². The Kier molecular flexibility index (Phi) is 2.75. The van der Waals surface area contributed by atoms with Crippen molar-refractivity contribution in [1.29, 1.82) is 3.91 Å². The van der Waals surface area contributed by atoms with Crippen molar-refractivity contribution in [3.63, 3.8) is 0 Å². The molecule has 0 saturated heterocycles. The molecular weight excluding hydrogens is 170 g/mol. The molecule has 7 heavy (non-hydrogen) atoms. The fraction of sp³-hybridized carbons (Fsp3) is 0.800. The summed E-state index contributed by atoms with van der Waals surface area (Å²) in [5.74, 6) is 0. The van der Waals surface area contributed by atoms with Crippen LogP contribution in [-0.2, 0) is 17.9 Å². The molecule has 0 aliphatic carbocycles. The second-order valence-corrected chi connectivity index (χ2v) is 3.76. The summed E-state index contributed by atoms with van der Waals surface area (Å²) < 4.78 is 9.04. The summed E-state index contributed by atoms with van der Waals surface area (Å²) in [5, 5.41) is 0. The number of hydrogen-bond acceptors (Lipinski definition) is 1. The normalized spacial score (nSPS) is 10.1. The first kappa shape index (κ1) is 7.36. The average Bonchev–Trinajstić information content (AvgIpc) is 1.30. The zero-order valence-electron chi connectivity index (χ0n) is 4.99. The van der Waals surface area contributed by atoms with E-state index in [1.165, 1.54) is 0 Å². The fourth-order valence-electron chi connectivity index (χ4n) is 0.177. The van der Waals surface area contributed by atoms with Gasteiger partial charge in [-0.3, -0.25) is 0 Å². The van der Waals surface area contributed by atoms with E-state index < -0.39 is 17.9 Å². The van der Waals surface area contributed by atoms with Gasteiger partial charge in [-0.2, -0.15) is 0 Å². The van der Waals surface area contributed by atoms with Crippen molar-refractivity contribution in [3.8, 4) is 0 Å². The average molecular weight is 181 g/mol. The van der Waals surface area contributed by atoms with Crippen LogP contribution in [0.15, 0.2) is 0 Å². The van der Waals surface area contributed by atoms with Crippen LogP contribution in [0, 0.1) is 9.33 Å².